The van der Waals surface area contributed by atoms with Crippen molar-refractivity contribution in [2.24, 2.45) is 0 Å². The second-order valence-corrected chi connectivity index (χ2v) is 4.82. The zero-order valence-electron chi connectivity index (χ0n) is 10.4. The van der Waals surface area contributed by atoms with E-state index in [-0.39, 0.29) is 6.10 Å². The van der Waals surface area contributed by atoms with Gasteiger partial charge in [-0.1, -0.05) is 11.6 Å². The summed E-state index contributed by atoms with van der Waals surface area (Å²) < 4.78 is 5.66. The maximum absolute atomic E-state index is 9.93. The SMILES string of the molecule is C=C(C)CCOc1ccc2c(c1)[C@@H](O)CCC2. The number of aryl methyl sites for hydroxylation is 1. The first-order valence-corrected chi connectivity index (χ1v) is 6.25. The lowest BCUT2D eigenvalue weighted by atomic mass is 9.89. The first kappa shape index (κ1) is 12.2. The molecule has 1 N–H and O–H groups in total. The minimum absolute atomic E-state index is 0.316. The van der Waals surface area contributed by atoms with E-state index in [0.717, 1.165) is 42.6 Å². The molecule has 0 heterocycles. The fraction of sp³-hybridized carbons (Fsp3) is 0.467. The van der Waals surface area contributed by atoms with Crippen molar-refractivity contribution in [3.63, 3.8) is 0 Å². The van der Waals surface area contributed by atoms with Gasteiger partial charge in [0.1, 0.15) is 5.75 Å². The Morgan fingerprint density at radius 1 is 1.53 bits per heavy atom. The Hall–Kier alpha value is -1.28. The molecule has 0 amide bonds. The maximum atomic E-state index is 9.93. The van der Waals surface area contributed by atoms with Gasteiger partial charge < -0.3 is 9.84 Å². The predicted octanol–water partition coefficient (Wildman–Crippen LogP) is 3.40. The van der Waals surface area contributed by atoms with Gasteiger partial charge in [0.05, 0.1) is 12.7 Å². The Morgan fingerprint density at radius 3 is 3.12 bits per heavy atom. The predicted molar refractivity (Wildman–Crippen MR) is 69.3 cm³/mol. The summed E-state index contributed by atoms with van der Waals surface area (Å²) in [6.45, 7) is 6.51. The van der Waals surface area contributed by atoms with Gasteiger partial charge in [-0.05, 0) is 49.4 Å². The molecule has 92 valence electrons. The van der Waals surface area contributed by atoms with E-state index in [9.17, 15) is 5.11 Å². The average molecular weight is 232 g/mol. The van der Waals surface area contributed by atoms with Crippen LogP contribution < -0.4 is 4.74 Å². The van der Waals surface area contributed by atoms with Crippen LogP contribution in [0.4, 0.5) is 0 Å². The standard InChI is InChI=1S/C15H20O2/c1-11(2)8-9-17-13-7-6-12-4-3-5-15(16)14(12)10-13/h6-7,10,15-16H,1,3-5,8-9H2,2H3/t15-/m0/s1. The normalized spacial score (nSPS) is 18.6. The number of hydrogen-bond donors (Lipinski definition) is 1. The molecular weight excluding hydrogens is 212 g/mol. The fourth-order valence-corrected chi connectivity index (χ4v) is 2.19. The average Bonchev–Trinajstić information content (AvgIpc) is 2.30. The summed E-state index contributed by atoms with van der Waals surface area (Å²) in [6.07, 6.45) is 3.56. The molecule has 0 spiro atoms. The van der Waals surface area contributed by atoms with Crippen LogP contribution in [0.15, 0.2) is 30.4 Å². The van der Waals surface area contributed by atoms with Crippen molar-refractivity contribution in [3.05, 3.63) is 41.5 Å². The minimum Gasteiger partial charge on any atom is -0.493 e. The van der Waals surface area contributed by atoms with Crippen molar-refractivity contribution in [3.8, 4) is 5.75 Å². The second-order valence-electron chi connectivity index (χ2n) is 4.82. The Morgan fingerprint density at radius 2 is 2.35 bits per heavy atom. The summed E-state index contributed by atoms with van der Waals surface area (Å²) in [4.78, 5) is 0. The molecule has 1 aliphatic carbocycles. The van der Waals surface area contributed by atoms with Crippen LogP contribution in [0, 0.1) is 0 Å². The molecule has 2 heteroatoms. The van der Waals surface area contributed by atoms with Crippen LogP contribution >= 0.6 is 0 Å². The van der Waals surface area contributed by atoms with E-state index in [1.165, 1.54) is 5.56 Å². The van der Waals surface area contributed by atoms with E-state index in [1.807, 2.05) is 19.1 Å². The van der Waals surface area contributed by atoms with E-state index in [2.05, 4.69) is 12.6 Å². The van der Waals surface area contributed by atoms with Gasteiger partial charge in [0.2, 0.25) is 0 Å². The quantitative estimate of drug-likeness (QED) is 0.806. The van der Waals surface area contributed by atoms with Gasteiger partial charge in [0.15, 0.2) is 0 Å². The maximum Gasteiger partial charge on any atom is 0.119 e. The molecule has 0 aromatic heterocycles. The van der Waals surface area contributed by atoms with Gasteiger partial charge in [0, 0.05) is 6.42 Å². The lowest BCUT2D eigenvalue weighted by Crippen LogP contribution is -2.09. The molecule has 1 aromatic carbocycles. The lowest BCUT2D eigenvalue weighted by molar-refractivity contribution is 0.156. The van der Waals surface area contributed by atoms with Crippen LogP contribution in [0.3, 0.4) is 0 Å². The number of fused-ring (bicyclic) bond motifs is 1. The highest BCUT2D eigenvalue weighted by Gasteiger charge is 2.18. The number of aliphatic hydroxyl groups is 1. The summed E-state index contributed by atoms with van der Waals surface area (Å²) in [6, 6.07) is 6.06. The van der Waals surface area contributed by atoms with Crippen molar-refractivity contribution in [1.82, 2.24) is 0 Å². The molecular formula is C15H20O2. The van der Waals surface area contributed by atoms with Gasteiger partial charge in [-0.3, -0.25) is 0 Å². The Kier molecular flexibility index (Phi) is 3.85. The molecule has 1 atom stereocenters. The molecule has 2 rings (SSSR count). The Labute approximate surface area is 103 Å². The van der Waals surface area contributed by atoms with Crippen molar-refractivity contribution >= 4 is 0 Å². The summed E-state index contributed by atoms with van der Waals surface area (Å²) >= 11 is 0. The number of rotatable bonds is 4. The fourth-order valence-electron chi connectivity index (χ4n) is 2.19. The second kappa shape index (κ2) is 5.37. The van der Waals surface area contributed by atoms with Gasteiger partial charge in [0.25, 0.3) is 0 Å². The van der Waals surface area contributed by atoms with Crippen LogP contribution in [-0.4, -0.2) is 11.7 Å². The van der Waals surface area contributed by atoms with Crippen molar-refractivity contribution in [1.29, 1.82) is 0 Å². The number of aliphatic hydroxyl groups excluding tert-OH is 1. The van der Waals surface area contributed by atoms with E-state index in [1.54, 1.807) is 0 Å². The van der Waals surface area contributed by atoms with E-state index in [0.29, 0.717) is 6.61 Å². The molecule has 0 fully saturated rings. The van der Waals surface area contributed by atoms with Crippen LogP contribution in [-0.2, 0) is 6.42 Å². The monoisotopic (exact) mass is 232 g/mol. The number of benzene rings is 1. The first-order chi connectivity index (χ1) is 8.16. The first-order valence-electron chi connectivity index (χ1n) is 6.25. The highest BCUT2D eigenvalue weighted by atomic mass is 16.5. The Bertz CT molecular complexity index is 409. The van der Waals surface area contributed by atoms with Gasteiger partial charge >= 0.3 is 0 Å². The minimum atomic E-state index is -0.316. The molecule has 17 heavy (non-hydrogen) atoms. The van der Waals surface area contributed by atoms with Gasteiger partial charge in [-0.15, -0.1) is 6.58 Å². The van der Waals surface area contributed by atoms with Crippen LogP contribution in [0.25, 0.3) is 0 Å². The zero-order chi connectivity index (χ0) is 12.3. The highest BCUT2D eigenvalue weighted by Crippen LogP contribution is 2.32. The van der Waals surface area contributed by atoms with Crippen molar-refractivity contribution in [2.45, 2.75) is 38.7 Å². The van der Waals surface area contributed by atoms with E-state index in [4.69, 9.17) is 4.74 Å². The highest BCUT2D eigenvalue weighted by molar-refractivity contribution is 5.38. The molecule has 0 aliphatic heterocycles. The smallest absolute Gasteiger partial charge is 0.119 e. The molecule has 1 aliphatic rings. The number of hydrogen-bond acceptors (Lipinski definition) is 2. The van der Waals surface area contributed by atoms with Crippen LogP contribution in [0.2, 0.25) is 0 Å². The molecule has 1 aromatic rings. The van der Waals surface area contributed by atoms with Gasteiger partial charge in [-0.2, -0.15) is 0 Å². The van der Waals surface area contributed by atoms with Gasteiger partial charge in [-0.25, -0.2) is 0 Å². The van der Waals surface area contributed by atoms with E-state index < -0.39 is 0 Å². The Balaban J connectivity index is 2.04. The van der Waals surface area contributed by atoms with Crippen molar-refractivity contribution < 1.29 is 9.84 Å². The summed E-state index contributed by atoms with van der Waals surface area (Å²) in [5.41, 5.74) is 3.43. The molecule has 0 bridgehead atoms. The zero-order valence-corrected chi connectivity index (χ0v) is 10.4. The summed E-state index contributed by atoms with van der Waals surface area (Å²) in [5, 5.41) is 9.93. The molecule has 0 unspecified atom stereocenters. The molecule has 0 saturated carbocycles. The molecule has 0 radical (unpaired) electrons. The largest absolute Gasteiger partial charge is 0.493 e. The van der Waals surface area contributed by atoms with Crippen LogP contribution in [0.1, 0.15) is 43.4 Å². The lowest BCUT2D eigenvalue weighted by Gasteiger charge is -2.22. The molecule has 0 saturated heterocycles. The van der Waals surface area contributed by atoms with E-state index >= 15 is 0 Å². The third-order valence-corrected chi connectivity index (χ3v) is 3.20. The molecule has 2 nitrogen and oxygen atoms in total. The van der Waals surface area contributed by atoms with Crippen LogP contribution in [0.5, 0.6) is 5.75 Å². The van der Waals surface area contributed by atoms with Crippen molar-refractivity contribution in [2.75, 3.05) is 6.61 Å². The third-order valence-electron chi connectivity index (χ3n) is 3.20. The third kappa shape index (κ3) is 3.10. The number of ether oxygens (including phenoxy) is 1. The topological polar surface area (TPSA) is 29.5 Å². The summed E-state index contributed by atoms with van der Waals surface area (Å²) in [5.74, 6) is 0.853. The summed E-state index contributed by atoms with van der Waals surface area (Å²) in [7, 11) is 0.